The number of ether oxygens (including phenoxy) is 1. The number of halogens is 2. The van der Waals surface area contributed by atoms with Crippen LogP contribution in [0, 0.1) is 12.8 Å². The second-order valence-corrected chi connectivity index (χ2v) is 6.53. The zero-order valence-corrected chi connectivity index (χ0v) is 14.2. The largest absolute Gasteiger partial charge is 0.494 e. The lowest BCUT2D eigenvalue weighted by Crippen LogP contribution is -2.13. The van der Waals surface area contributed by atoms with Gasteiger partial charge in [0.2, 0.25) is 6.43 Å². The summed E-state index contributed by atoms with van der Waals surface area (Å²) in [4.78, 5) is 0. The molecule has 3 heteroatoms. The van der Waals surface area contributed by atoms with Gasteiger partial charge in [0.1, 0.15) is 5.75 Å². The minimum atomic E-state index is -2.23. The van der Waals surface area contributed by atoms with E-state index in [1.54, 1.807) is 6.08 Å². The van der Waals surface area contributed by atoms with Gasteiger partial charge >= 0.3 is 0 Å². The molecule has 128 valence electrons. The fourth-order valence-electron chi connectivity index (χ4n) is 3.36. The molecule has 0 aromatic heterocycles. The average molecular weight is 322 g/mol. The van der Waals surface area contributed by atoms with E-state index in [1.165, 1.54) is 11.1 Å². The molecule has 0 N–H and O–H groups in total. The van der Waals surface area contributed by atoms with Crippen LogP contribution in [-0.2, 0) is 0 Å². The normalized spacial score (nSPS) is 22.0. The van der Waals surface area contributed by atoms with E-state index in [9.17, 15) is 8.78 Å². The maximum atomic E-state index is 12.2. The standard InChI is InChI=1S/C20H28F2O/c1-3-13-23-18-12-7-15(2)19(14-18)17-10-8-16(9-11-17)5-4-6-20(21)22/h4-5,7,12,14,16-17,20H,3,6,8-11,13H2,1-2H3. The molecule has 1 fully saturated rings. The Balaban J connectivity index is 1.92. The van der Waals surface area contributed by atoms with E-state index >= 15 is 0 Å². The predicted octanol–water partition coefficient (Wildman–Crippen LogP) is 6.27. The first-order chi connectivity index (χ1) is 11.1. The van der Waals surface area contributed by atoms with Crippen LogP contribution in [-0.4, -0.2) is 13.0 Å². The highest BCUT2D eigenvalue weighted by Crippen LogP contribution is 2.38. The van der Waals surface area contributed by atoms with Gasteiger partial charge in [0.25, 0.3) is 0 Å². The molecular weight excluding hydrogens is 294 g/mol. The SMILES string of the molecule is CCCOc1ccc(C)c(C2CCC(C=CCC(F)F)CC2)c1. The first kappa shape index (κ1) is 18.0. The quantitative estimate of drug-likeness (QED) is 0.538. The van der Waals surface area contributed by atoms with Crippen molar-refractivity contribution < 1.29 is 13.5 Å². The molecule has 1 aromatic carbocycles. The number of rotatable bonds is 7. The Morgan fingerprint density at radius 2 is 1.96 bits per heavy atom. The molecule has 1 aromatic rings. The lowest BCUT2D eigenvalue weighted by molar-refractivity contribution is 0.152. The van der Waals surface area contributed by atoms with Crippen molar-refractivity contribution in [3.05, 3.63) is 41.5 Å². The molecule has 0 radical (unpaired) electrons. The molecule has 1 aliphatic rings. The summed E-state index contributed by atoms with van der Waals surface area (Å²) in [6.07, 6.45) is 6.75. The second-order valence-electron chi connectivity index (χ2n) is 6.53. The molecule has 23 heavy (non-hydrogen) atoms. The molecule has 2 rings (SSSR count). The fourth-order valence-corrected chi connectivity index (χ4v) is 3.36. The van der Waals surface area contributed by atoms with E-state index in [1.807, 2.05) is 12.1 Å². The van der Waals surface area contributed by atoms with E-state index in [2.05, 4.69) is 26.0 Å². The molecule has 0 saturated heterocycles. The van der Waals surface area contributed by atoms with Crippen LogP contribution in [0.25, 0.3) is 0 Å². The summed E-state index contributed by atoms with van der Waals surface area (Å²) < 4.78 is 30.1. The molecule has 0 aliphatic heterocycles. The van der Waals surface area contributed by atoms with Crippen molar-refractivity contribution in [3.8, 4) is 5.75 Å². The van der Waals surface area contributed by atoms with Crippen LogP contribution >= 0.6 is 0 Å². The minimum Gasteiger partial charge on any atom is -0.494 e. The molecule has 0 heterocycles. The molecule has 1 saturated carbocycles. The molecule has 1 nitrogen and oxygen atoms in total. The summed E-state index contributed by atoms with van der Waals surface area (Å²) in [5.41, 5.74) is 2.72. The lowest BCUT2D eigenvalue weighted by Gasteiger charge is -2.28. The Kier molecular flexibility index (Phi) is 7.07. The first-order valence-corrected chi connectivity index (χ1v) is 8.78. The lowest BCUT2D eigenvalue weighted by atomic mass is 9.77. The summed E-state index contributed by atoms with van der Waals surface area (Å²) in [5.74, 6) is 2.00. The third kappa shape index (κ3) is 5.63. The van der Waals surface area contributed by atoms with Gasteiger partial charge in [-0.15, -0.1) is 0 Å². The summed E-state index contributed by atoms with van der Waals surface area (Å²) in [6, 6.07) is 6.39. The highest BCUT2D eigenvalue weighted by Gasteiger charge is 2.22. The van der Waals surface area contributed by atoms with Crippen LogP contribution in [0.3, 0.4) is 0 Å². The van der Waals surface area contributed by atoms with Crippen molar-refractivity contribution >= 4 is 0 Å². The smallest absolute Gasteiger partial charge is 0.242 e. The minimum absolute atomic E-state index is 0.115. The van der Waals surface area contributed by atoms with Crippen LogP contribution in [0.1, 0.15) is 62.5 Å². The van der Waals surface area contributed by atoms with Gasteiger partial charge in [0, 0.05) is 6.42 Å². The summed E-state index contributed by atoms with van der Waals surface area (Å²) in [7, 11) is 0. The van der Waals surface area contributed by atoms with Gasteiger partial charge in [-0.3, -0.25) is 0 Å². The molecule has 0 spiro atoms. The monoisotopic (exact) mass is 322 g/mol. The number of hydrogen-bond acceptors (Lipinski definition) is 1. The number of hydrogen-bond donors (Lipinski definition) is 0. The Morgan fingerprint density at radius 3 is 2.61 bits per heavy atom. The maximum Gasteiger partial charge on any atom is 0.242 e. The zero-order chi connectivity index (χ0) is 16.7. The third-order valence-corrected chi connectivity index (χ3v) is 4.66. The van der Waals surface area contributed by atoms with E-state index in [0.29, 0.717) is 11.8 Å². The van der Waals surface area contributed by atoms with E-state index in [0.717, 1.165) is 44.5 Å². The average Bonchev–Trinajstić information content (AvgIpc) is 2.54. The van der Waals surface area contributed by atoms with Gasteiger partial charge in [-0.2, -0.15) is 0 Å². The number of alkyl halides is 2. The predicted molar refractivity (Wildman–Crippen MR) is 91.4 cm³/mol. The van der Waals surface area contributed by atoms with Crippen LogP contribution in [0.2, 0.25) is 0 Å². The fraction of sp³-hybridized carbons (Fsp3) is 0.600. The van der Waals surface area contributed by atoms with Crippen molar-refractivity contribution in [1.29, 1.82) is 0 Å². The van der Waals surface area contributed by atoms with Crippen molar-refractivity contribution in [3.63, 3.8) is 0 Å². The Morgan fingerprint density at radius 1 is 1.22 bits per heavy atom. The van der Waals surface area contributed by atoms with Crippen molar-refractivity contribution in [2.75, 3.05) is 6.61 Å². The van der Waals surface area contributed by atoms with Crippen LogP contribution in [0.4, 0.5) is 8.78 Å². The molecule has 0 amide bonds. The highest BCUT2D eigenvalue weighted by atomic mass is 19.3. The van der Waals surface area contributed by atoms with Gasteiger partial charge in [0.15, 0.2) is 0 Å². The summed E-state index contributed by atoms with van der Waals surface area (Å²) in [5, 5.41) is 0. The topological polar surface area (TPSA) is 9.23 Å². The van der Waals surface area contributed by atoms with Crippen LogP contribution < -0.4 is 4.74 Å². The summed E-state index contributed by atoms with van der Waals surface area (Å²) >= 11 is 0. The van der Waals surface area contributed by atoms with Crippen LogP contribution in [0.5, 0.6) is 5.75 Å². The van der Waals surface area contributed by atoms with Crippen molar-refractivity contribution in [2.45, 2.75) is 64.7 Å². The van der Waals surface area contributed by atoms with Crippen molar-refractivity contribution in [1.82, 2.24) is 0 Å². The van der Waals surface area contributed by atoms with Gasteiger partial charge in [-0.05, 0) is 74.1 Å². The van der Waals surface area contributed by atoms with E-state index < -0.39 is 6.43 Å². The van der Waals surface area contributed by atoms with Gasteiger partial charge < -0.3 is 4.74 Å². The van der Waals surface area contributed by atoms with E-state index in [4.69, 9.17) is 4.74 Å². The Labute approximate surface area is 138 Å². The molecule has 0 bridgehead atoms. The molecular formula is C20H28F2O. The number of allylic oxidation sites excluding steroid dienone is 2. The highest BCUT2D eigenvalue weighted by molar-refractivity contribution is 5.37. The molecule has 1 aliphatic carbocycles. The number of benzene rings is 1. The number of aryl methyl sites for hydroxylation is 1. The van der Waals surface area contributed by atoms with E-state index in [-0.39, 0.29) is 6.42 Å². The van der Waals surface area contributed by atoms with Gasteiger partial charge in [0.05, 0.1) is 6.61 Å². The third-order valence-electron chi connectivity index (χ3n) is 4.66. The van der Waals surface area contributed by atoms with Crippen LogP contribution in [0.15, 0.2) is 30.4 Å². The summed E-state index contributed by atoms with van der Waals surface area (Å²) in [6.45, 7) is 5.02. The molecule has 0 unspecified atom stereocenters. The Bertz CT molecular complexity index is 502. The van der Waals surface area contributed by atoms with Gasteiger partial charge in [-0.25, -0.2) is 8.78 Å². The first-order valence-electron chi connectivity index (χ1n) is 8.78. The Hall–Kier alpha value is -1.38. The second kappa shape index (κ2) is 9.05. The molecule has 0 atom stereocenters. The van der Waals surface area contributed by atoms with Gasteiger partial charge in [-0.1, -0.05) is 25.1 Å². The van der Waals surface area contributed by atoms with Crippen molar-refractivity contribution in [2.24, 2.45) is 5.92 Å². The maximum absolute atomic E-state index is 12.2. The zero-order valence-electron chi connectivity index (χ0n) is 14.2.